The van der Waals surface area contributed by atoms with Crippen LogP contribution in [0.2, 0.25) is 5.02 Å². The van der Waals surface area contributed by atoms with Gasteiger partial charge in [0, 0.05) is 22.9 Å². The van der Waals surface area contributed by atoms with E-state index >= 15 is 0 Å². The van der Waals surface area contributed by atoms with Crippen LogP contribution in [0.25, 0.3) is 0 Å². The van der Waals surface area contributed by atoms with Gasteiger partial charge in [-0.1, -0.05) is 11.6 Å². The van der Waals surface area contributed by atoms with E-state index < -0.39 is 10.0 Å². The lowest BCUT2D eigenvalue weighted by Crippen LogP contribution is -2.33. The Morgan fingerprint density at radius 3 is 2.48 bits per heavy atom. The van der Waals surface area contributed by atoms with Crippen LogP contribution in [-0.4, -0.2) is 25.9 Å². The molecule has 6 nitrogen and oxygen atoms in total. The maximum absolute atomic E-state index is 12.3. The zero-order chi connectivity index (χ0) is 19.4. The van der Waals surface area contributed by atoms with Crippen LogP contribution in [-0.2, 0) is 14.8 Å². The predicted molar refractivity (Wildman–Crippen MR) is 108 cm³/mol. The lowest BCUT2D eigenvalue weighted by Gasteiger charge is -2.27. The van der Waals surface area contributed by atoms with Gasteiger partial charge in [0.25, 0.3) is 0 Å². The Hall–Kier alpha value is -1.48. The lowest BCUT2D eigenvalue weighted by atomic mass is 9.81. The summed E-state index contributed by atoms with van der Waals surface area (Å²) in [4.78, 5) is 16.8. The molecular weight excluding hydrogens is 406 g/mol. The first-order valence-electron chi connectivity index (χ1n) is 8.82. The van der Waals surface area contributed by atoms with E-state index in [9.17, 15) is 13.2 Å². The van der Waals surface area contributed by atoms with Gasteiger partial charge < -0.3 is 5.32 Å². The number of rotatable bonds is 6. The number of halogens is 1. The van der Waals surface area contributed by atoms with E-state index in [4.69, 9.17) is 11.6 Å². The van der Waals surface area contributed by atoms with Crippen LogP contribution in [0, 0.1) is 18.8 Å². The highest BCUT2D eigenvalue weighted by Gasteiger charge is 2.27. The molecule has 146 valence electrons. The number of thiazole rings is 1. The number of benzene rings is 1. The molecule has 1 amide bonds. The second-order valence-electron chi connectivity index (χ2n) is 6.81. The van der Waals surface area contributed by atoms with Crippen molar-refractivity contribution in [3.8, 4) is 0 Å². The third-order valence-electron chi connectivity index (χ3n) is 4.75. The Bertz CT molecular complexity index is 889. The topological polar surface area (TPSA) is 88.2 Å². The molecule has 0 unspecified atom stereocenters. The largest absolute Gasteiger partial charge is 0.302 e. The number of aryl methyl sites for hydroxylation is 1. The number of anilines is 1. The zero-order valence-corrected chi connectivity index (χ0v) is 17.3. The van der Waals surface area contributed by atoms with Gasteiger partial charge in [0.15, 0.2) is 5.13 Å². The van der Waals surface area contributed by atoms with E-state index in [0.29, 0.717) is 16.7 Å². The summed E-state index contributed by atoms with van der Waals surface area (Å²) in [7, 11) is -3.54. The molecule has 2 N–H and O–H groups in total. The van der Waals surface area contributed by atoms with Gasteiger partial charge in [-0.25, -0.2) is 18.1 Å². The van der Waals surface area contributed by atoms with E-state index in [1.165, 1.54) is 23.5 Å². The van der Waals surface area contributed by atoms with Crippen molar-refractivity contribution in [2.75, 3.05) is 11.9 Å². The molecular formula is C18H22ClN3O3S2. The normalized spacial score (nSPS) is 20.4. The molecule has 1 aliphatic carbocycles. The van der Waals surface area contributed by atoms with Crippen LogP contribution in [0.1, 0.15) is 31.4 Å². The number of hydrogen-bond acceptors (Lipinski definition) is 5. The number of carbonyl (C=O) groups is 1. The molecule has 0 aliphatic heterocycles. The molecule has 2 aromatic rings. The number of nitrogens with one attached hydrogen (secondary N) is 2. The summed E-state index contributed by atoms with van der Waals surface area (Å²) in [5.74, 6) is 0.195. The summed E-state index contributed by atoms with van der Waals surface area (Å²) in [6, 6.07) is 6.10. The predicted octanol–water partition coefficient (Wildman–Crippen LogP) is 3.83. The molecule has 1 aromatic heterocycles. The minimum atomic E-state index is -3.54. The molecule has 3 rings (SSSR count). The number of carbonyl (C=O) groups excluding carboxylic acids is 1. The molecule has 0 atom stereocenters. The van der Waals surface area contributed by atoms with Gasteiger partial charge in [-0.05, 0) is 62.8 Å². The average Bonchev–Trinajstić information content (AvgIpc) is 3.05. The van der Waals surface area contributed by atoms with E-state index in [1.54, 1.807) is 12.1 Å². The number of amides is 1. The van der Waals surface area contributed by atoms with Crippen molar-refractivity contribution in [3.05, 3.63) is 40.4 Å². The fourth-order valence-electron chi connectivity index (χ4n) is 3.17. The van der Waals surface area contributed by atoms with Crippen molar-refractivity contribution in [2.24, 2.45) is 11.8 Å². The van der Waals surface area contributed by atoms with Crippen LogP contribution in [0.3, 0.4) is 0 Å². The van der Waals surface area contributed by atoms with Crippen LogP contribution < -0.4 is 10.0 Å². The van der Waals surface area contributed by atoms with Crippen molar-refractivity contribution in [1.82, 2.24) is 9.71 Å². The fraction of sp³-hybridized carbons (Fsp3) is 0.444. The van der Waals surface area contributed by atoms with Crippen molar-refractivity contribution in [3.63, 3.8) is 0 Å². The molecule has 1 aliphatic rings. The first-order valence-corrected chi connectivity index (χ1v) is 11.6. The Kier molecular flexibility index (Phi) is 6.52. The summed E-state index contributed by atoms with van der Waals surface area (Å²) in [6.07, 6.45) is 3.14. The third kappa shape index (κ3) is 5.51. The first kappa shape index (κ1) is 20.3. The van der Waals surface area contributed by atoms with Crippen LogP contribution in [0.15, 0.2) is 34.5 Å². The summed E-state index contributed by atoms with van der Waals surface area (Å²) in [6.45, 7) is 2.27. The maximum atomic E-state index is 12.3. The van der Waals surface area contributed by atoms with Gasteiger partial charge >= 0.3 is 0 Å². The summed E-state index contributed by atoms with van der Waals surface area (Å²) in [5.41, 5.74) is 0.895. The highest BCUT2D eigenvalue weighted by atomic mass is 35.5. The minimum Gasteiger partial charge on any atom is -0.302 e. The molecule has 27 heavy (non-hydrogen) atoms. The highest BCUT2D eigenvalue weighted by molar-refractivity contribution is 7.89. The van der Waals surface area contributed by atoms with Crippen LogP contribution >= 0.6 is 22.9 Å². The van der Waals surface area contributed by atoms with Crippen molar-refractivity contribution in [1.29, 1.82) is 0 Å². The molecule has 0 saturated heterocycles. The summed E-state index contributed by atoms with van der Waals surface area (Å²) < 4.78 is 27.4. The number of sulfonamides is 1. The molecule has 1 aromatic carbocycles. The van der Waals surface area contributed by atoms with Crippen molar-refractivity contribution >= 4 is 44.0 Å². The average molecular weight is 428 g/mol. The van der Waals surface area contributed by atoms with Gasteiger partial charge in [0.2, 0.25) is 15.9 Å². The van der Waals surface area contributed by atoms with E-state index in [1.807, 2.05) is 12.3 Å². The smallest absolute Gasteiger partial charge is 0.240 e. The number of hydrogen-bond donors (Lipinski definition) is 2. The maximum Gasteiger partial charge on any atom is 0.240 e. The van der Waals surface area contributed by atoms with E-state index in [2.05, 4.69) is 15.0 Å². The third-order valence-corrected chi connectivity index (χ3v) is 7.32. The van der Waals surface area contributed by atoms with E-state index in [-0.39, 0.29) is 22.6 Å². The Morgan fingerprint density at radius 1 is 1.22 bits per heavy atom. The van der Waals surface area contributed by atoms with Gasteiger partial charge in [0.1, 0.15) is 0 Å². The molecule has 1 saturated carbocycles. The van der Waals surface area contributed by atoms with Gasteiger partial charge in [-0.2, -0.15) is 0 Å². The van der Waals surface area contributed by atoms with Gasteiger partial charge in [-0.15, -0.1) is 11.3 Å². The lowest BCUT2D eigenvalue weighted by molar-refractivity contribution is -0.121. The van der Waals surface area contributed by atoms with Gasteiger partial charge in [0.05, 0.1) is 10.6 Å². The molecule has 1 fully saturated rings. The van der Waals surface area contributed by atoms with Crippen LogP contribution in [0.5, 0.6) is 0 Å². The SMILES string of the molecule is Cc1csc(NC(=O)C2CCC(CNS(=O)(=O)c3ccc(Cl)cc3)CC2)n1. The van der Waals surface area contributed by atoms with Crippen molar-refractivity contribution < 1.29 is 13.2 Å². The van der Waals surface area contributed by atoms with Gasteiger partial charge in [-0.3, -0.25) is 4.79 Å². The quantitative estimate of drug-likeness (QED) is 0.733. The molecule has 1 heterocycles. The Morgan fingerprint density at radius 2 is 1.89 bits per heavy atom. The van der Waals surface area contributed by atoms with Crippen LogP contribution in [0.4, 0.5) is 5.13 Å². The molecule has 9 heteroatoms. The van der Waals surface area contributed by atoms with E-state index in [0.717, 1.165) is 31.4 Å². The second-order valence-corrected chi connectivity index (χ2v) is 9.87. The number of nitrogens with zero attached hydrogens (tertiary/aromatic N) is 1. The first-order chi connectivity index (χ1) is 12.8. The second kappa shape index (κ2) is 8.68. The Balaban J connectivity index is 1.46. The fourth-order valence-corrected chi connectivity index (χ4v) is 5.11. The molecule has 0 spiro atoms. The zero-order valence-electron chi connectivity index (χ0n) is 14.9. The molecule has 0 radical (unpaired) electrons. The summed E-state index contributed by atoms with van der Waals surface area (Å²) >= 11 is 7.22. The standard InChI is InChI=1S/C18H22ClN3O3S2/c1-12-11-26-18(21-12)22-17(23)14-4-2-13(3-5-14)10-20-27(24,25)16-8-6-15(19)7-9-16/h6-9,11,13-14,20H,2-5,10H2,1H3,(H,21,22,23). The minimum absolute atomic E-state index is 0.00421. The van der Waals surface area contributed by atoms with Crippen molar-refractivity contribution in [2.45, 2.75) is 37.5 Å². The summed E-state index contributed by atoms with van der Waals surface area (Å²) in [5, 5.41) is 5.91. The molecule has 0 bridgehead atoms. The highest BCUT2D eigenvalue weighted by Crippen LogP contribution is 2.30. The number of aromatic nitrogens is 1. The Labute approximate surface area is 168 Å². The monoisotopic (exact) mass is 427 g/mol.